The molecule has 0 fully saturated rings. The number of hydrogen-bond acceptors (Lipinski definition) is 6. The molecule has 0 atom stereocenters. The van der Waals surface area contributed by atoms with Crippen LogP contribution in [0.25, 0.3) is 0 Å². The van der Waals surface area contributed by atoms with Crippen molar-refractivity contribution in [3.8, 4) is 0 Å². The Morgan fingerprint density at radius 1 is 0.436 bits per heavy atom. The molecule has 216 valence electrons. The van der Waals surface area contributed by atoms with Gasteiger partial charge in [0.2, 0.25) is 0 Å². The second-order valence-corrected chi connectivity index (χ2v) is 14.5. The normalized spacial score (nSPS) is 12.4. The first kappa shape index (κ1) is 38.5. The van der Waals surface area contributed by atoms with Gasteiger partial charge in [-0.3, -0.25) is 0 Å². The van der Waals surface area contributed by atoms with E-state index in [1.54, 1.807) is 0 Å². The van der Waals surface area contributed by atoms with Crippen LogP contribution in [0.4, 0.5) is 0 Å². The van der Waals surface area contributed by atoms with Crippen LogP contribution in [-0.2, 0) is 20.2 Å². The summed E-state index contributed by atoms with van der Waals surface area (Å²) in [5, 5.41) is 0. The molecule has 0 aliphatic heterocycles. The molecule has 0 unspecified atom stereocenters. The molecule has 0 aliphatic rings. The van der Waals surface area contributed by atoms with Crippen LogP contribution in [0.3, 0.4) is 0 Å². The van der Waals surface area contributed by atoms with Crippen LogP contribution in [0.5, 0.6) is 0 Å². The van der Waals surface area contributed by atoms with Crippen LogP contribution < -0.4 is 0 Å². The Labute approximate surface area is 267 Å². The van der Waals surface area contributed by atoms with Gasteiger partial charge in [-0.1, -0.05) is 107 Å². The third kappa shape index (κ3) is 10.4. The first-order valence-corrected chi connectivity index (χ1v) is 16.2. The minimum absolute atomic E-state index is 0. The van der Waals surface area contributed by atoms with E-state index in [0.29, 0.717) is 34.1 Å². The van der Waals surface area contributed by atoms with Crippen molar-refractivity contribution in [1.82, 2.24) is 0 Å². The van der Waals surface area contributed by atoms with Crippen LogP contribution in [0, 0.1) is 0 Å². The average Bonchev–Trinajstić information content (AvgIpc) is 2.75. The maximum absolute atomic E-state index is 11.6. The molecule has 0 heterocycles. The average molecular weight is 607 g/mol. The quantitative estimate of drug-likeness (QED) is 0.226. The molecule has 6 nitrogen and oxygen atoms in total. The van der Waals surface area contributed by atoms with Crippen LogP contribution in [-0.4, -0.2) is 63.7 Å². The summed E-state index contributed by atoms with van der Waals surface area (Å²) in [7, 11) is -8.89. The van der Waals surface area contributed by atoms with Gasteiger partial charge in [-0.05, 0) is 68.9 Å². The van der Waals surface area contributed by atoms with Gasteiger partial charge in [0.25, 0.3) is 0 Å². The van der Waals surface area contributed by atoms with Crippen LogP contribution in [0.15, 0.2) is 34.1 Å². The monoisotopic (exact) mass is 606 g/mol. The Balaban J connectivity index is 0.000000722. The fourth-order valence-corrected chi connectivity index (χ4v) is 6.69. The summed E-state index contributed by atoms with van der Waals surface area (Å²) in [5.74, 6) is 0.645. The predicted octanol–water partition coefficient (Wildman–Crippen LogP) is 7.54. The van der Waals surface area contributed by atoms with Gasteiger partial charge in [-0.25, -0.2) is 16.8 Å². The zero-order valence-corrected chi connectivity index (χ0v) is 29.6. The van der Waals surface area contributed by atoms with E-state index < -0.39 is 20.2 Å². The van der Waals surface area contributed by atoms with Gasteiger partial charge < -0.3 is 9.11 Å². The molecule has 0 saturated carbocycles. The van der Waals surface area contributed by atoms with E-state index >= 15 is 0 Å². The molecule has 0 radical (unpaired) electrons. The molecule has 0 saturated heterocycles. The molecule has 0 aromatic heterocycles. The molecule has 0 aliphatic carbocycles. The summed E-state index contributed by atoms with van der Waals surface area (Å²) in [5.41, 5.74) is 4.74. The van der Waals surface area contributed by atoms with Crippen molar-refractivity contribution in [2.24, 2.45) is 0 Å². The second kappa shape index (κ2) is 15.1. The molecule has 0 spiro atoms. The Morgan fingerprint density at radius 3 is 0.718 bits per heavy atom. The summed E-state index contributed by atoms with van der Waals surface area (Å²) in [6, 6.07) is 7.47. The van der Waals surface area contributed by atoms with Crippen molar-refractivity contribution in [3.63, 3.8) is 0 Å². The minimum atomic E-state index is -4.45. The van der Waals surface area contributed by atoms with E-state index in [1.807, 2.05) is 79.7 Å². The van der Waals surface area contributed by atoms with Crippen molar-refractivity contribution in [1.29, 1.82) is 0 Å². The van der Waals surface area contributed by atoms with Crippen LogP contribution >= 0.6 is 0 Å². The van der Waals surface area contributed by atoms with Crippen molar-refractivity contribution >= 4 is 58.0 Å². The van der Waals surface area contributed by atoms with Crippen molar-refractivity contribution < 1.29 is 25.9 Å². The SMILES string of the molecule is CC(C)c1cc(C(C)C)c(S(=O)(=O)[O-])c(C(C)C)c1.CC(C)c1cc(C(C)C)c(S(=O)(=O)[O-])c(C(C)C)c1.[Ca+2]. The molecule has 0 N–H and O–H groups in total. The molecule has 39 heavy (non-hydrogen) atoms. The van der Waals surface area contributed by atoms with Gasteiger partial charge in [-0.2, -0.15) is 0 Å². The van der Waals surface area contributed by atoms with Gasteiger partial charge in [0.05, 0.1) is 9.79 Å². The molecule has 2 aromatic carbocycles. The van der Waals surface area contributed by atoms with Crippen molar-refractivity contribution in [2.75, 3.05) is 0 Å². The third-order valence-corrected chi connectivity index (χ3v) is 8.60. The van der Waals surface area contributed by atoms with Crippen LogP contribution in [0.1, 0.15) is 152 Å². The number of benzene rings is 2. The number of hydrogen-bond donors (Lipinski definition) is 0. The Kier molecular flexibility index (Phi) is 14.9. The molecule has 2 rings (SSSR count). The number of rotatable bonds is 8. The fraction of sp³-hybridized carbons (Fsp3) is 0.600. The zero-order chi connectivity index (χ0) is 29.9. The summed E-state index contributed by atoms with van der Waals surface area (Å²) < 4.78 is 69.7. The van der Waals surface area contributed by atoms with Crippen molar-refractivity contribution in [3.05, 3.63) is 57.6 Å². The molecular formula is C30H46CaO6S2. The summed E-state index contributed by atoms with van der Waals surface area (Å²) in [6.45, 7) is 23.6. The van der Waals surface area contributed by atoms with Crippen LogP contribution in [0.2, 0.25) is 0 Å². The maximum Gasteiger partial charge on any atom is 2.00 e. The molecule has 9 heteroatoms. The second-order valence-electron chi connectivity index (χ2n) is 11.9. The van der Waals surface area contributed by atoms with Crippen molar-refractivity contribution in [2.45, 2.75) is 128 Å². The van der Waals surface area contributed by atoms with Gasteiger partial charge in [0.15, 0.2) is 0 Å². The van der Waals surface area contributed by atoms with Gasteiger partial charge >= 0.3 is 37.7 Å². The molecule has 2 aromatic rings. The first-order chi connectivity index (χ1) is 17.1. The summed E-state index contributed by atoms with van der Waals surface area (Å²) in [6.07, 6.45) is 0. The van der Waals surface area contributed by atoms with E-state index in [0.717, 1.165) is 11.1 Å². The largest absolute Gasteiger partial charge is 2.00 e. The maximum atomic E-state index is 11.6. The van der Waals surface area contributed by atoms with Gasteiger partial charge in [0, 0.05) is 0 Å². The smallest absolute Gasteiger partial charge is 0.744 e. The topological polar surface area (TPSA) is 114 Å². The Morgan fingerprint density at radius 2 is 0.615 bits per heavy atom. The Bertz CT molecular complexity index is 1160. The van der Waals surface area contributed by atoms with E-state index in [9.17, 15) is 25.9 Å². The Hall–Kier alpha value is -0.480. The third-order valence-electron chi connectivity index (χ3n) is 6.66. The minimum Gasteiger partial charge on any atom is -0.744 e. The molecule has 0 bridgehead atoms. The molecular weight excluding hydrogens is 561 g/mol. The van der Waals surface area contributed by atoms with E-state index in [4.69, 9.17) is 0 Å². The fourth-order valence-electron chi connectivity index (χ4n) is 4.36. The summed E-state index contributed by atoms with van der Waals surface area (Å²) in [4.78, 5) is -0.0243. The van der Waals surface area contributed by atoms with Gasteiger partial charge in [0.1, 0.15) is 20.2 Å². The standard InChI is InChI=1S/2C15H24O3S.Ca/c2*1-9(2)12-7-13(10(3)4)15(19(16,17)18)14(8-12)11(5)6;/h2*7-11H,1-6H3,(H,16,17,18);/q;;+2/p-2. The van der Waals surface area contributed by atoms with E-state index in [-0.39, 0.29) is 71.2 Å². The van der Waals surface area contributed by atoms with Gasteiger partial charge in [-0.15, -0.1) is 0 Å². The first-order valence-electron chi connectivity index (χ1n) is 13.4. The molecule has 0 amide bonds. The van der Waals surface area contributed by atoms with E-state index in [2.05, 4.69) is 27.7 Å². The van der Waals surface area contributed by atoms with E-state index in [1.165, 1.54) is 0 Å². The zero-order valence-electron chi connectivity index (χ0n) is 25.7. The summed E-state index contributed by atoms with van der Waals surface area (Å²) >= 11 is 0. The predicted molar refractivity (Wildman–Crippen MR) is 159 cm³/mol.